The highest BCUT2D eigenvalue weighted by Crippen LogP contribution is 2.27. The van der Waals surface area contributed by atoms with Gasteiger partial charge >= 0.3 is 0 Å². The number of fused-ring (bicyclic) bond motifs is 1. The zero-order valence-corrected chi connectivity index (χ0v) is 12.4. The smallest absolute Gasteiger partial charge is 0.234 e. The van der Waals surface area contributed by atoms with E-state index >= 15 is 0 Å². The van der Waals surface area contributed by atoms with Crippen LogP contribution in [0.3, 0.4) is 0 Å². The summed E-state index contributed by atoms with van der Waals surface area (Å²) in [5, 5.41) is 3.20. The molecule has 2 aliphatic heterocycles. The van der Waals surface area contributed by atoms with Gasteiger partial charge in [-0.05, 0) is 38.1 Å². The van der Waals surface area contributed by atoms with Gasteiger partial charge in [-0.15, -0.1) is 0 Å². The van der Waals surface area contributed by atoms with E-state index in [1.807, 2.05) is 0 Å². The van der Waals surface area contributed by atoms with Gasteiger partial charge in [0.15, 0.2) is 0 Å². The summed E-state index contributed by atoms with van der Waals surface area (Å²) >= 11 is 3.47. The Morgan fingerprint density at radius 2 is 2.12 bits per heavy atom. The summed E-state index contributed by atoms with van der Waals surface area (Å²) in [5.74, 6) is 0.512. The number of hydrogen-bond acceptors (Lipinski definition) is 2. The van der Waals surface area contributed by atoms with Gasteiger partial charge in [0.05, 0.1) is 4.83 Å². The van der Waals surface area contributed by atoms with Crippen LogP contribution in [0.1, 0.15) is 39.5 Å². The van der Waals surface area contributed by atoms with Crippen molar-refractivity contribution in [2.75, 3.05) is 13.1 Å². The maximum absolute atomic E-state index is 12.0. The van der Waals surface area contributed by atoms with Crippen LogP contribution in [0.25, 0.3) is 0 Å². The summed E-state index contributed by atoms with van der Waals surface area (Å²) in [6.45, 7) is 6.56. The SMILES string of the molecule is CC(C)C(Br)C(=O)NC1CCN2CCCC2C1. The molecule has 17 heavy (non-hydrogen) atoms. The number of carbonyl (C=O) groups excluding carboxylic acids is 1. The van der Waals surface area contributed by atoms with Crippen molar-refractivity contribution in [1.82, 2.24) is 10.2 Å². The topological polar surface area (TPSA) is 32.3 Å². The molecule has 0 aromatic rings. The molecular weight excluding hydrogens is 280 g/mol. The maximum Gasteiger partial charge on any atom is 0.234 e. The quantitative estimate of drug-likeness (QED) is 0.810. The zero-order valence-electron chi connectivity index (χ0n) is 10.8. The van der Waals surface area contributed by atoms with Crippen LogP contribution < -0.4 is 5.32 Å². The minimum atomic E-state index is -0.0518. The summed E-state index contributed by atoms with van der Waals surface area (Å²) in [6.07, 6.45) is 4.90. The van der Waals surface area contributed by atoms with E-state index in [0.717, 1.165) is 25.4 Å². The molecule has 2 saturated heterocycles. The Kier molecular flexibility index (Phi) is 4.47. The van der Waals surface area contributed by atoms with Gasteiger partial charge < -0.3 is 10.2 Å². The van der Waals surface area contributed by atoms with Crippen molar-refractivity contribution in [2.24, 2.45) is 5.92 Å². The molecule has 3 nitrogen and oxygen atoms in total. The molecule has 3 unspecified atom stereocenters. The number of carbonyl (C=O) groups is 1. The fourth-order valence-electron chi connectivity index (χ4n) is 2.94. The van der Waals surface area contributed by atoms with Gasteiger partial charge in [0.25, 0.3) is 0 Å². The fraction of sp³-hybridized carbons (Fsp3) is 0.923. The van der Waals surface area contributed by atoms with Gasteiger partial charge in [-0.3, -0.25) is 4.79 Å². The minimum Gasteiger partial charge on any atom is -0.352 e. The molecule has 1 amide bonds. The Morgan fingerprint density at radius 1 is 1.35 bits per heavy atom. The monoisotopic (exact) mass is 302 g/mol. The number of alkyl halides is 1. The van der Waals surface area contributed by atoms with Crippen molar-refractivity contribution >= 4 is 21.8 Å². The van der Waals surface area contributed by atoms with E-state index in [2.05, 4.69) is 40.0 Å². The Morgan fingerprint density at radius 3 is 2.82 bits per heavy atom. The van der Waals surface area contributed by atoms with Crippen LogP contribution >= 0.6 is 15.9 Å². The number of nitrogens with zero attached hydrogens (tertiary/aromatic N) is 1. The maximum atomic E-state index is 12.0. The van der Waals surface area contributed by atoms with Crippen LogP contribution in [0.15, 0.2) is 0 Å². The molecule has 0 saturated carbocycles. The number of nitrogens with one attached hydrogen (secondary N) is 1. The first-order valence-electron chi connectivity index (χ1n) is 6.76. The molecule has 0 aliphatic carbocycles. The van der Waals surface area contributed by atoms with Gasteiger partial charge in [0.1, 0.15) is 0 Å². The molecule has 1 N–H and O–H groups in total. The Balaban J connectivity index is 1.82. The minimum absolute atomic E-state index is 0.0518. The molecule has 98 valence electrons. The first-order valence-corrected chi connectivity index (χ1v) is 7.68. The van der Waals surface area contributed by atoms with Gasteiger partial charge in [0, 0.05) is 18.6 Å². The predicted molar refractivity (Wildman–Crippen MR) is 73.3 cm³/mol. The highest BCUT2D eigenvalue weighted by atomic mass is 79.9. The lowest BCUT2D eigenvalue weighted by Crippen LogP contribution is -2.49. The third-order valence-corrected chi connectivity index (χ3v) is 5.48. The second-order valence-corrected chi connectivity index (χ2v) is 6.69. The van der Waals surface area contributed by atoms with Crippen molar-refractivity contribution in [3.63, 3.8) is 0 Å². The van der Waals surface area contributed by atoms with E-state index in [1.165, 1.54) is 19.4 Å². The molecular formula is C13H23BrN2O. The molecule has 2 fully saturated rings. The highest BCUT2D eigenvalue weighted by Gasteiger charge is 2.33. The molecule has 0 bridgehead atoms. The Bertz CT molecular complexity index is 283. The normalized spacial score (nSPS) is 31.3. The molecule has 2 aliphatic rings. The number of piperidine rings is 1. The molecule has 0 radical (unpaired) electrons. The second-order valence-electron chi connectivity index (χ2n) is 5.71. The largest absolute Gasteiger partial charge is 0.352 e. The van der Waals surface area contributed by atoms with Crippen molar-refractivity contribution in [3.05, 3.63) is 0 Å². The Hall–Kier alpha value is -0.0900. The molecule has 0 spiro atoms. The number of rotatable bonds is 3. The predicted octanol–water partition coefficient (Wildman–Crippen LogP) is 2.15. The van der Waals surface area contributed by atoms with Crippen LogP contribution in [-0.2, 0) is 4.79 Å². The summed E-state index contributed by atoms with van der Waals surface area (Å²) in [4.78, 5) is 14.5. The van der Waals surface area contributed by atoms with Crippen LogP contribution in [0.5, 0.6) is 0 Å². The number of halogens is 1. The van der Waals surface area contributed by atoms with E-state index in [-0.39, 0.29) is 10.7 Å². The highest BCUT2D eigenvalue weighted by molar-refractivity contribution is 9.10. The third kappa shape index (κ3) is 3.22. The standard InChI is InChI=1S/C13H23BrN2O/c1-9(2)12(14)13(17)15-10-5-7-16-6-3-4-11(16)8-10/h9-12H,3-8H2,1-2H3,(H,15,17). The second kappa shape index (κ2) is 5.70. The lowest BCUT2D eigenvalue weighted by atomic mass is 9.97. The van der Waals surface area contributed by atoms with Gasteiger partial charge in [-0.1, -0.05) is 29.8 Å². The van der Waals surface area contributed by atoms with Crippen molar-refractivity contribution in [1.29, 1.82) is 0 Å². The van der Waals surface area contributed by atoms with Gasteiger partial charge in [-0.25, -0.2) is 0 Å². The lowest BCUT2D eigenvalue weighted by Gasteiger charge is -2.35. The van der Waals surface area contributed by atoms with E-state index in [1.54, 1.807) is 0 Å². The molecule has 4 heteroatoms. The first-order chi connectivity index (χ1) is 8.08. The molecule has 2 heterocycles. The summed E-state index contributed by atoms with van der Waals surface area (Å²) in [5.41, 5.74) is 0. The third-order valence-electron chi connectivity index (χ3n) is 4.00. The summed E-state index contributed by atoms with van der Waals surface area (Å²) in [6, 6.07) is 1.11. The fourth-order valence-corrected chi connectivity index (χ4v) is 3.07. The number of hydrogen-bond donors (Lipinski definition) is 1. The summed E-state index contributed by atoms with van der Waals surface area (Å²) in [7, 11) is 0. The van der Waals surface area contributed by atoms with Gasteiger partial charge in [0.2, 0.25) is 5.91 Å². The van der Waals surface area contributed by atoms with Gasteiger partial charge in [-0.2, -0.15) is 0 Å². The first kappa shape index (κ1) is 13.3. The van der Waals surface area contributed by atoms with Crippen LogP contribution in [0, 0.1) is 5.92 Å². The van der Waals surface area contributed by atoms with E-state index in [4.69, 9.17) is 0 Å². The van der Waals surface area contributed by atoms with Crippen LogP contribution in [0.2, 0.25) is 0 Å². The lowest BCUT2D eigenvalue weighted by molar-refractivity contribution is -0.122. The average molecular weight is 303 g/mol. The molecule has 2 rings (SSSR count). The molecule has 3 atom stereocenters. The van der Waals surface area contributed by atoms with E-state index in [9.17, 15) is 4.79 Å². The van der Waals surface area contributed by atoms with Crippen molar-refractivity contribution in [3.8, 4) is 0 Å². The average Bonchev–Trinajstić information content (AvgIpc) is 2.74. The van der Waals surface area contributed by atoms with Crippen molar-refractivity contribution < 1.29 is 4.79 Å². The van der Waals surface area contributed by atoms with E-state index < -0.39 is 0 Å². The molecule has 0 aromatic heterocycles. The molecule has 0 aromatic carbocycles. The number of amides is 1. The summed E-state index contributed by atoms with van der Waals surface area (Å²) < 4.78 is 0. The zero-order chi connectivity index (χ0) is 12.4. The van der Waals surface area contributed by atoms with Crippen molar-refractivity contribution in [2.45, 2.75) is 56.4 Å². The Labute approximate surface area is 112 Å². The van der Waals surface area contributed by atoms with E-state index in [0.29, 0.717) is 12.0 Å². The van der Waals surface area contributed by atoms with Crippen LogP contribution in [-0.4, -0.2) is 40.8 Å². The van der Waals surface area contributed by atoms with Crippen LogP contribution in [0.4, 0.5) is 0 Å².